The van der Waals surface area contributed by atoms with Gasteiger partial charge in [-0.1, -0.05) is 69.9 Å². The predicted molar refractivity (Wildman–Crippen MR) is 102 cm³/mol. The van der Waals surface area contributed by atoms with Crippen LogP contribution in [0.15, 0.2) is 60.4 Å². The molecule has 0 saturated heterocycles. The Balaban J connectivity index is 5.15. The Morgan fingerprint density at radius 1 is 1.23 bits per heavy atom. The van der Waals surface area contributed by atoms with E-state index in [1.807, 2.05) is 19.1 Å². The zero-order chi connectivity index (χ0) is 17.2. The van der Waals surface area contributed by atoms with E-state index in [1.54, 1.807) is 0 Å². The monoisotopic (exact) mass is 301 g/mol. The third-order valence-corrected chi connectivity index (χ3v) is 3.79. The first kappa shape index (κ1) is 20.5. The molecule has 0 aromatic carbocycles. The van der Waals surface area contributed by atoms with Crippen LogP contribution < -0.4 is 0 Å². The van der Waals surface area contributed by atoms with Gasteiger partial charge in [0.15, 0.2) is 0 Å². The van der Waals surface area contributed by atoms with E-state index in [9.17, 15) is 0 Å². The van der Waals surface area contributed by atoms with Crippen LogP contribution in [0.1, 0.15) is 54.4 Å². The van der Waals surface area contributed by atoms with Crippen LogP contribution in [-0.2, 0) is 0 Å². The van der Waals surface area contributed by atoms with Crippen LogP contribution in [0.25, 0.3) is 0 Å². The summed E-state index contributed by atoms with van der Waals surface area (Å²) in [4.78, 5) is 2.41. The summed E-state index contributed by atoms with van der Waals surface area (Å²) in [6, 6.07) is 0. The fourth-order valence-corrected chi connectivity index (χ4v) is 2.36. The number of hydrogen-bond acceptors (Lipinski definition) is 1. The molecule has 0 spiro atoms. The summed E-state index contributed by atoms with van der Waals surface area (Å²) in [5, 5.41) is 0. The highest BCUT2D eigenvalue weighted by Crippen LogP contribution is 2.35. The summed E-state index contributed by atoms with van der Waals surface area (Å²) < 4.78 is 0. The summed E-state index contributed by atoms with van der Waals surface area (Å²) in [6.45, 7) is 23.4. The molecular formula is C21H35N. The minimum atomic E-state index is 0.0201. The van der Waals surface area contributed by atoms with E-state index in [2.05, 4.69) is 70.9 Å². The van der Waals surface area contributed by atoms with Crippen LogP contribution in [0.4, 0.5) is 0 Å². The molecule has 1 nitrogen and oxygen atoms in total. The minimum Gasteiger partial charge on any atom is -0.371 e. The average Bonchev–Trinajstić information content (AvgIpc) is 2.46. The Morgan fingerprint density at radius 2 is 1.86 bits per heavy atom. The molecule has 0 rings (SSSR count). The third kappa shape index (κ3) is 7.49. The van der Waals surface area contributed by atoms with E-state index in [4.69, 9.17) is 0 Å². The van der Waals surface area contributed by atoms with Crippen LogP contribution in [0.2, 0.25) is 0 Å². The summed E-state index contributed by atoms with van der Waals surface area (Å²) in [5.74, 6) is 0. The van der Waals surface area contributed by atoms with Crippen molar-refractivity contribution in [3.8, 4) is 0 Å². The molecular weight excluding hydrogens is 266 g/mol. The van der Waals surface area contributed by atoms with Gasteiger partial charge in [0, 0.05) is 24.2 Å². The fraction of sp³-hybridized carbons (Fsp3) is 0.524. The average molecular weight is 302 g/mol. The van der Waals surface area contributed by atoms with Crippen molar-refractivity contribution in [3.05, 3.63) is 60.4 Å². The zero-order valence-electron chi connectivity index (χ0n) is 15.6. The lowest BCUT2D eigenvalue weighted by Crippen LogP contribution is -2.32. The maximum absolute atomic E-state index is 4.41. The molecule has 1 heteroatoms. The molecule has 0 amide bonds. The molecule has 0 aromatic heterocycles. The van der Waals surface area contributed by atoms with Crippen molar-refractivity contribution >= 4 is 0 Å². The quantitative estimate of drug-likeness (QED) is 0.339. The van der Waals surface area contributed by atoms with Gasteiger partial charge in [0.2, 0.25) is 0 Å². The molecule has 0 aromatic rings. The van der Waals surface area contributed by atoms with E-state index in [0.29, 0.717) is 0 Å². The van der Waals surface area contributed by atoms with Crippen LogP contribution in [0.3, 0.4) is 0 Å². The summed E-state index contributed by atoms with van der Waals surface area (Å²) in [5.41, 5.74) is 3.83. The summed E-state index contributed by atoms with van der Waals surface area (Å²) >= 11 is 0. The van der Waals surface area contributed by atoms with Crippen molar-refractivity contribution in [2.24, 2.45) is 5.41 Å². The first-order chi connectivity index (χ1) is 10.3. The second kappa shape index (κ2) is 10.3. The standard InChI is InChI=1S/C21H35N/c1-9-12-13-20(11-3)17-21(7,8)19(6)22(15-10-2)16-14-18(4)5/h9,11-14H,3,6,10,15-17H2,1-2,4-5,7-8H3/b12-9-,20-13+. The molecule has 0 atom stereocenters. The maximum atomic E-state index is 4.41. The molecule has 0 aliphatic carbocycles. The second-order valence-corrected chi connectivity index (χ2v) is 6.71. The fourth-order valence-electron chi connectivity index (χ4n) is 2.36. The van der Waals surface area contributed by atoms with E-state index in [1.165, 1.54) is 16.8 Å². The van der Waals surface area contributed by atoms with Crippen LogP contribution in [0.5, 0.6) is 0 Å². The van der Waals surface area contributed by atoms with E-state index in [0.717, 1.165) is 25.9 Å². The Hall–Kier alpha value is -1.50. The van der Waals surface area contributed by atoms with Crippen molar-refractivity contribution in [1.29, 1.82) is 0 Å². The lowest BCUT2D eigenvalue weighted by Gasteiger charge is -2.37. The molecule has 0 N–H and O–H groups in total. The smallest absolute Gasteiger partial charge is 0.0358 e. The molecule has 0 saturated carbocycles. The Kier molecular flexibility index (Phi) is 9.56. The Labute approximate surface area is 138 Å². The Morgan fingerprint density at radius 3 is 2.32 bits per heavy atom. The molecule has 0 unspecified atom stereocenters. The highest BCUT2D eigenvalue weighted by atomic mass is 15.1. The largest absolute Gasteiger partial charge is 0.371 e. The van der Waals surface area contributed by atoms with E-state index in [-0.39, 0.29) is 5.41 Å². The van der Waals surface area contributed by atoms with Gasteiger partial charge in [0.1, 0.15) is 0 Å². The van der Waals surface area contributed by atoms with Gasteiger partial charge in [-0.3, -0.25) is 0 Å². The first-order valence-corrected chi connectivity index (χ1v) is 8.30. The van der Waals surface area contributed by atoms with Gasteiger partial charge in [-0.2, -0.15) is 0 Å². The number of allylic oxidation sites excluding steroid dienone is 7. The van der Waals surface area contributed by atoms with E-state index >= 15 is 0 Å². The lowest BCUT2D eigenvalue weighted by atomic mass is 9.81. The number of hydrogen-bond donors (Lipinski definition) is 0. The van der Waals surface area contributed by atoms with Crippen LogP contribution in [-0.4, -0.2) is 18.0 Å². The predicted octanol–water partition coefficient (Wildman–Crippen LogP) is 6.28. The van der Waals surface area contributed by atoms with Crippen molar-refractivity contribution in [2.75, 3.05) is 13.1 Å². The van der Waals surface area contributed by atoms with Crippen molar-refractivity contribution < 1.29 is 0 Å². The molecule has 0 aliphatic heterocycles. The summed E-state index contributed by atoms with van der Waals surface area (Å²) in [6.07, 6.45) is 12.6. The topological polar surface area (TPSA) is 3.24 Å². The van der Waals surface area contributed by atoms with Gasteiger partial charge in [-0.25, -0.2) is 0 Å². The molecule has 0 aliphatic rings. The third-order valence-electron chi connectivity index (χ3n) is 3.79. The van der Waals surface area contributed by atoms with Crippen molar-refractivity contribution in [1.82, 2.24) is 4.90 Å². The van der Waals surface area contributed by atoms with Gasteiger partial charge in [0.25, 0.3) is 0 Å². The van der Waals surface area contributed by atoms with Crippen molar-refractivity contribution in [3.63, 3.8) is 0 Å². The molecule has 0 radical (unpaired) electrons. The highest BCUT2D eigenvalue weighted by molar-refractivity contribution is 5.26. The van der Waals surface area contributed by atoms with E-state index < -0.39 is 0 Å². The first-order valence-electron chi connectivity index (χ1n) is 8.30. The van der Waals surface area contributed by atoms with Gasteiger partial charge >= 0.3 is 0 Å². The SMILES string of the molecule is C=C/C(=C\C=C/C)CC(C)(C)C(=C)N(CC=C(C)C)CCC. The number of nitrogens with zero attached hydrogens (tertiary/aromatic N) is 1. The highest BCUT2D eigenvalue weighted by Gasteiger charge is 2.26. The van der Waals surface area contributed by atoms with Gasteiger partial charge in [0.05, 0.1) is 0 Å². The molecule has 124 valence electrons. The normalized spacial score (nSPS) is 12.4. The van der Waals surface area contributed by atoms with Gasteiger partial charge in [-0.15, -0.1) is 0 Å². The zero-order valence-corrected chi connectivity index (χ0v) is 15.6. The maximum Gasteiger partial charge on any atom is 0.0358 e. The Bertz CT molecular complexity index is 443. The second-order valence-electron chi connectivity index (χ2n) is 6.71. The molecule has 0 heterocycles. The lowest BCUT2D eigenvalue weighted by molar-refractivity contribution is 0.273. The van der Waals surface area contributed by atoms with Gasteiger partial charge in [-0.05, 0) is 39.2 Å². The van der Waals surface area contributed by atoms with Crippen LogP contribution in [0, 0.1) is 5.41 Å². The van der Waals surface area contributed by atoms with Gasteiger partial charge < -0.3 is 4.90 Å². The summed E-state index contributed by atoms with van der Waals surface area (Å²) in [7, 11) is 0. The minimum absolute atomic E-state index is 0.0201. The van der Waals surface area contributed by atoms with Crippen molar-refractivity contribution in [2.45, 2.75) is 54.4 Å². The molecule has 22 heavy (non-hydrogen) atoms. The molecule has 0 bridgehead atoms. The van der Waals surface area contributed by atoms with Crippen LogP contribution >= 0.6 is 0 Å². The molecule has 0 fully saturated rings. The number of rotatable bonds is 10.